The molecular weight excluding hydrogens is 188 g/mol. The van der Waals surface area contributed by atoms with Crippen LogP contribution in [0.5, 0.6) is 0 Å². The lowest BCUT2D eigenvalue weighted by Gasteiger charge is -2.21. The molecule has 0 fully saturated rings. The molecule has 0 spiro atoms. The minimum absolute atomic E-state index is 0.105. The number of Topliss-reactive ketones (excluding diaryl/α,β-unsaturated/α-hetero) is 2. The van der Waals surface area contributed by atoms with Crippen LogP contribution in [0.2, 0.25) is 0 Å². The second-order valence-corrected chi connectivity index (χ2v) is 4.15. The van der Waals surface area contributed by atoms with Crippen molar-refractivity contribution in [3.05, 3.63) is 34.9 Å². The van der Waals surface area contributed by atoms with Gasteiger partial charge in [-0.3, -0.25) is 9.59 Å². The van der Waals surface area contributed by atoms with Gasteiger partial charge in [0.15, 0.2) is 11.6 Å². The number of carbonyl (C=O) groups is 2. The molecule has 0 bridgehead atoms. The van der Waals surface area contributed by atoms with Gasteiger partial charge in [-0.05, 0) is 19.4 Å². The smallest absolute Gasteiger partial charge is 0.167 e. The van der Waals surface area contributed by atoms with Crippen molar-refractivity contribution in [2.24, 2.45) is 5.92 Å². The molecule has 0 N–H and O–H groups in total. The van der Waals surface area contributed by atoms with Gasteiger partial charge in [-0.15, -0.1) is 0 Å². The Labute approximate surface area is 89.3 Å². The van der Waals surface area contributed by atoms with E-state index in [-0.39, 0.29) is 17.5 Å². The molecule has 1 aliphatic carbocycles. The number of aryl methyl sites for hydroxylation is 1. The summed E-state index contributed by atoms with van der Waals surface area (Å²) < 4.78 is 0. The lowest BCUT2D eigenvalue weighted by atomic mass is 9.80. The van der Waals surface area contributed by atoms with Crippen LogP contribution in [0.3, 0.4) is 0 Å². The number of hydrogen-bond acceptors (Lipinski definition) is 2. The Balaban J connectivity index is 2.55. The third-order valence-corrected chi connectivity index (χ3v) is 3.04. The SMILES string of the molecule is CCC1CC(=O)c2ccc(C)cc2C1=O. The van der Waals surface area contributed by atoms with Gasteiger partial charge in [-0.25, -0.2) is 0 Å². The van der Waals surface area contributed by atoms with Crippen LogP contribution < -0.4 is 0 Å². The van der Waals surface area contributed by atoms with E-state index in [4.69, 9.17) is 0 Å². The zero-order valence-electron chi connectivity index (χ0n) is 9.04. The van der Waals surface area contributed by atoms with Crippen LogP contribution >= 0.6 is 0 Å². The Morgan fingerprint density at radius 3 is 2.67 bits per heavy atom. The summed E-state index contributed by atoms with van der Waals surface area (Å²) in [7, 11) is 0. The molecule has 0 radical (unpaired) electrons. The number of hydrogen-bond donors (Lipinski definition) is 0. The molecule has 78 valence electrons. The molecule has 1 atom stereocenters. The van der Waals surface area contributed by atoms with Gasteiger partial charge in [0, 0.05) is 23.5 Å². The molecule has 2 nitrogen and oxygen atoms in total. The second kappa shape index (κ2) is 3.61. The summed E-state index contributed by atoms with van der Waals surface area (Å²) in [5.74, 6) is 0.138. The summed E-state index contributed by atoms with van der Waals surface area (Å²) in [6.07, 6.45) is 1.13. The maximum Gasteiger partial charge on any atom is 0.167 e. The van der Waals surface area contributed by atoms with E-state index in [0.29, 0.717) is 17.5 Å². The molecule has 0 saturated heterocycles. The quantitative estimate of drug-likeness (QED) is 0.701. The highest BCUT2D eigenvalue weighted by atomic mass is 16.1. The average molecular weight is 202 g/mol. The summed E-state index contributed by atoms with van der Waals surface area (Å²) in [6.45, 7) is 3.89. The van der Waals surface area contributed by atoms with Gasteiger partial charge in [0.2, 0.25) is 0 Å². The van der Waals surface area contributed by atoms with Gasteiger partial charge < -0.3 is 0 Å². The molecule has 1 aliphatic rings. The van der Waals surface area contributed by atoms with Crippen LogP contribution in [0.25, 0.3) is 0 Å². The molecule has 1 unspecified atom stereocenters. The Morgan fingerprint density at radius 1 is 1.27 bits per heavy atom. The highest BCUT2D eigenvalue weighted by molar-refractivity contribution is 6.14. The maximum absolute atomic E-state index is 12.0. The molecule has 0 aliphatic heterocycles. The summed E-state index contributed by atoms with van der Waals surface area (Å²) >= 11 is 0. The second-order valence-electron chi connectivity index (χ2n) is 4.15. The third-order valence-electron chi connectivity index (χ3n) is 3.04. The maximum atomic E-state index is 12.0. The average Bonchev–Trinajstić information content (AvgIpc) is 2.23. The van der Waals surface area contributed by atoms with Crippen molar-refractivity contribution in [1.29, 1.82) is 0 Å². The van der Waals surface area contributed by atoms with Crippen LogP contribution in [0.4, 0.5) is 0 Å². The first-order valence-corrected chi connectivity index (χ1v) is 5.31. The van der Waals surface area contributed by atoms with Gasteiger partial charge >= 0.3 is 0 Å². The predicted octanol–water partition coefficient (Wildman–Crippen LogP) is 2.79. The molecule has 2 rings (SSSR count). The van der Waals surface area contributed by atoms with Crippen LogP contribution in [-0.2, 0) is 0 Å². The van der Waals surface area contributed by atoms with E-state index >= 15 is 0 Å². The zero-order chi connectivity index (χ0) is 11.0. The van der Waals surface area contributed by atoms with E-state index < -0.39 is 0 Å². The summed E-state index contributed by atoms with van der Waals surface area (Å²) in [4.78, 5) is 23.8. The molecule has 15 heavy (non-hydrogen) atoms. The van der Waals surface area contributed by atoms with Crippen molar-refractivity contribution >= 4 is 11.6 Å². The lowest BCUT2D eigenvalue weighted by Crippen LogP contribution is -2.26. The molecule has 0 amide bonds. The third kappa shape index (κ3) is 1.60. The van der Waals surface area contributed by atoms with E-state index in [1.807, 2.05) is 26.0 Å². The first-order valence-electron chi connectivity index (χ1n) is 5.31. The van der Waals surface area contributed by atoms with Crippen LogP contribution in [0, 0.1) is 12.8 Å². The largest absolute Gasteiger partial charge is 0.294 e. The van der Waals surface area contributed by atoms with Gasteiger partial charge in [-0.2, -0.15) is 0 Å². The molecule has 0 aromatic heterocycles. The lowest BCUT2D eigenvalue weighted by molar-refractivity contribution is 0.0820. The summed E-state index contributed by atoms with van der Waals surface area (Å²) in [5.41, 5.74) is 2.26. The van der Waals surface area contributed by atoms with E-state index in [9.17, 15) is 9.59 Å². The van der Waals surface area contributed by atoms with Crippen LogP contribution in [0.1, 0.15) is 46.0 Å². The fraction of sp³-hybridized carbons (Fsp3) is 0.385. The Kier molecular flexibility index (Phi) is 2.43. The van der Waals surface area contributed by atoms with Crippen LogP contribution in [0.15, 0.2) is 18.2 Å². The highest BCUT2D eigenvalue weighted by Gasteiger charge is 2.30. The monoisotopic (exact) mass is 202 g/mol. The van der Waals surface area contributed by atoms with E-state index in [2.05, 4.69) is 0 Å². The van der Waals surface area contributed by atoms with Gasteiger partial charge in [0.25, 0.3) is 0 Å². The van der Waals surface area contributed by atoms with Gasteiger partial charge in [-0.1, -0.05) is 24.6 Å². The Bertz CT molecular complexity index is 432. The van der Waals surface area contributed by atoms with Gasteiger partial charge in [0.1, 0.15) is 0 Å². The van der Waals surface area contributed by atoms with Crippen molar-refractivity contribution < 1.29 is 9.59 Å². The normalized spacial score (nSPS) is 20.3. The molecule has 0 saturated carbocycles. The molecule has 0 heterocycles. The number of fused-ring (bicyclic) bond motifs is 1. The highest BCUT2D eigenvalue weighted by Crippen LogP contribution is 2.28. The van der Waals surface area contributed by atoms with Crippen molar-refractivity contribution in [2.45, 2.75) is 26.7 Å². The van der Waals surface area contributed by atoms with Crippen molar-refractivity contribution in [1.82, 2.24) is 0 Å². The van der Waals surface area contributed by atoms with E-state index in [1.165, 1.54) is 0 Å². The topological polar surface area (TPSA) is 34.1 Å². The van der Waals surface area contributed by atoms with Crippen molar-refractivity contribution in [3.8, 4) is 0 Å². The predicted molar refractivity (Wildman–Crippen MR) is 58.2 cm³/mol. The molecule has 1 aromatic carbocycles. The minimum Gasteiger partial charge on any atom is -0.294 e. The molecule has 2 heteroatoms. The van der Waals surface area contributed by atoms with Crippen LogP contribution in [-0.4, -0.2) is 11.6 Å². The summed E-state index contributed by atoms with van der Waals surface area (Å²) in [6, 6.07) is 5.49. The fourth-order valence-corrected chi connectivity index (χ4v) is 2.08. The van der Waals surface area contributed by atoms with Gasteiger partial charge in [0.05, 0.1) is 0 Å². The Morgan fingerprint density at radius 2 is 2.00 bits per heavy atom. The molecular formula is C13H14O2. The number of ketones is 2. The van der Waals surface area contributed by atoms with E-state index in [1.54, 1.807) is 6.07 Å². The zero-order valence-corrected chi connectivity index (χ0v) is 9.04. The van der Waals surface area contributed by atoms with Crippen molar-refractivity contribution in [3.63, 3.8) is 0 Å². The first kappa shape index (κ1) is 10.1. The number of benzene rings is 1. The molecule has 1 aromatic rings. The number of carbonyl (C=O) groups excluding carboxylic acids is 2. The summed E-state index contributed by atoms with van der Waals surface area (Å²) in [5, 5.41) is 0. The minimum atomic E-state index is -0.105. The van der Waals surface area contributed by atoms with Crippen molar-refractivity contribution in [2.75, 3.05) is 0 Å². The van der Waals surface area contributed by atoms with E-state index in [0.717, 1.165) is 12.0 Å². The number of rotatable bonds is 1. The Hall–Kier alpha value is -1.44. The fourth-order valence-electron chi connectivity index (χ4n) is 2.08. The first-order chi connectivity index (χ1) is 7.13. The standard InChI is InChI=1S/C13H14O2/c1-3-9-7-12(14)10-5-4-8(2)6-11(10)13(9)15/h4-6,9H,3,7H2,1-2H3.